The van der Waals surface area contributed by atoms with Crippen molar-refractivity contribution in [2.75, 3.05) is 13.1 Å². The van der Waals surface area contributed by atoms with Gasteiger partial charge in [0.2, 0.25) is 10.0 Å². The average Bonchev–Trinajstić information content (AvgIpc) is 3.28. The van der Waals surface area contributed by atoms with Gasteiger partial charge in [-0.3, -0.25) is 0 Å². The summed E-state index contributed by atoms with van der Waals surface area (Å²) in [6, 6.07) is 5.48. The van der Waals surface area contributed by atoms with E-state index in [0.29, 0.717) is 17.0 Å². The fourth-order valence-corrected chi connectivity index (χ4v) is 4.35. The third kappa shape index (κ3) is 3.65. The Labute approximate surface area is 127 Å². The number of rotatable bonds is 5. The minimum atomic E-state index is -3.44. The first-order valence-corrected chi connectivity index (χ1v) is 8.76. The van der Waals surface area contributed by atoms with E-state index in [1.807, 2.05) is 26.0 Å². The molecule has 0 bridgehead atoms. The molecule has 1 aliphatic rings. The van der Waals surface area contributed by atoms with E-state index in [1.54, 1.807) is 10.4 Å². The van der Waals surface area contributed by atoms with Crippen molar-refractivity contribution < 1.29 is 8.42 Å². The van der Waals surface area contributed by atoms with Gasteiger partial charge in [-0.25, -0.2) is 8.42 Å². The predicted octanol–water partition coefficient (Wildman–Crippen LogP) is 1.87. The van der Waals surface area contributed by atoms with Crippen molar-refractivity contribution >= 4 is 10.0 Å². The highest BCUT2D eigenvalue weighted by atomic mass is 32.2. The second-order valence-corrected chi connectivity index (χ2v) is 7.19. The highest BCUT2D eigenvalue weighted by Crippen LogP contribution is 2.33. The molecule has 5 heteroatoms. The Morgan fingerprint density at radius 1 is 1.38 bits per heavy atom. The third-order valence-electron chi connectivity index (χ3n) is 3.51. The van der Waals surface area contributed by atoms with Gasteiger partial charge in [-0.1, -0.05) is 24.8 Å². The SMILES string of the molecule is CCCN(C1CC1)S(=O)(=O)c1cc(C#CCN)ccc1C. The van der Waals surface area contributed by atoms with Crippen LogP contribution in [-0.4, -0.2) is 31.9 Å². The van der Waals surface area contributed by atoms with E-state index in [2.05, 4.69) is 11.8 Å². The van der Waals surface area contributed by atoms with Crippen LogP contribution in [0.15, 0.2) is 23.1 Å². The van der Waals surface area contributed by atoms with Gasteiger partial charge in [0.05, 0.1) is 11.4 Å². The predicted molar refractivity (Wildman–Crippen MR) is 84.3 cm³/mol. The number of benzene rings is 1. The van der Waals surface area contributed by atoms with Gasteiger partial charge in [-0.15, -0.1) is 0 Å². The van der Waals surface area contributed by atoms with E-state index < -0.39 is 10.0 Å². The molecule has 2 N–H and O–H groups in total. The highest BCUT2D eigenvalue weighted by Gasteiger charge is 2.37. The molecule has 1 aromatic rings. The van der Waals surface area contributed by atoms with Crippen molar-refractivity contribution in [2.24, 2.45) is 5.73 Å². The fourth-order valence-electron chi connectivity index (χ4n) is 2.32. The topological polar surface area (TPSA) is 63.4 Å². The maximum Gasteiger partial charge on any atom is 0.243 e. The van der Waals surface area contributed by atoms with Crippen LogP contribution < -0.4 is 5.73 Å². The van der Waals surface area contributed by atoms with Gasteiger partial charge in [0.1, 0.15) is 0 Å². The molecule has 1 aromatic carbocycles. The third-order valence-corrected chi connectivity index (χ3v) is 5.60. The first-order chi connectivity index (χ1) is 10.0. The van der Waals surface area contributed by atoms with Gasteiger partial charge < -0.3 is 5.73 Å². The summed E-state index contributed by atoms with van der Waals surface area (Å²) in [7, 11) is -3.44. The van der Waals surface area contributed by atoms with E-state index in [0.717, 1.165) is 24.8 Å². The van der Waals surface area contributed by atoms with Crippen LogP contribution in [0.25, 0.3) is 0 Å². The second-order valence-electron chi connectivity index (χ2n) is 5.33. The molecule has 0 aliphatic heterocycles. The van der Waals surface area contributed by atoms with Crippen LogP contribution in [0.5, 0.6) is 0 Å². The van der Waals surface area contributed by atoms with Crippen molar-refractivity contribution in [3.8, 4) is 11.8 Å². The van der Waals surface area contributed by atoms with Crippen LogP contribution in [0, 0.1) is 18.8 Å². The molecule has 0 atom stereocenters. The van der Waals surface area contributed by atoms with Crippen LogP contribution in [0.3, 0.4) is 0 Å². The van der Waals surface area contributed by atoms with Crippen LogP contribution >= 0.6 is 0 Å². The maximum absolute atomic E-state index is 12.9. The lowest BCUT2D eigenvalue weighted by Gasteiger charge is -2.22. The number of aryl methyl sites for hydroxylation is 1. The van der Waals surface area contributed by atoms with Gasteiger partial charge in [0.15, 0.2) is 0 Å². The molecule has 2 rings (SSSR count). The standard InChI is InChI=1S/C16H22N2O2S/c1-3-11-18(15-8-9-15)21(19,20)16-12-14(5-4-10-17)7-6-13(16)2/h6-7,12,15H,3,8-11,17H2,1-2H3. The molecule has 0 unspecified atom stereocenters. The highest BCUT2D eigenvalue weighted by molar-refractivity contribution is 7.89. The molecule has 0 heterocycles. The lowest BCUT2D eigenvalue weighted by Crippen LogP contribution is -2.34. The zero-order valence-corrected chi connectivity index (χ0v) is 13.4. The van der Waals surface area contributed by atoms with Gasteiger partial charge in [-0.05, 0) is 43.9 Å². The van der Waals surface area contributed by atoms with Crippen LogP contribution in [0.2, 0.25) is 0 Å². The fraction of sp³-hybridized carbons (Fsp3) is 0.500. The summed E-state index contributed by atoms with van der Waals surface area (Å²) in [5, 5.41) is 0. The molecule has 0 spiro atoms. The second kappa shape index (κ2) is 6.61. The van der Waals surface area contributed by atoms with Gasteiger partial charge in [0, 0.05) is 18.2 Å². The quantitative estimate of drug-likeness (QED) is 0.845. The summed E-state index contributed by atoms with van der Waals surface area (Å²) in [5.41, 5.74) is 6.82. The average molecular weight is 306 g/mol. The van der Waals surface area contributed by atoms with Crippen LogP contribution in [-0.2, 0) is 10.0 Å². The van der Waals surface area contributed by atoms with Crippen LogP contribution in [0.4, 0.5) is 0 Å². The minimum Gasteiger partial charge on any atom is -0.320 e. The van der Waals surface area contributed by atoms with Crippen LogP contribution in [0.1, 0.15) is 37.3 Å². The Hall–Kier alpha value is -1.35. The molecular formula is C16H22N2O2S. The molecule has 1 saturated carbocycles. The number of nitrogens with zero attached hydrogens (tertiary/aromatic N) is 1. The van der Waals surface area contributed by atoms with Crippen molar-refractivity contribution in [1.29, 1.82) is 0 Å². The van der Waals surface area contributed by atoms with E-state index in [9.17, 15) is 8.42 Å². The lowest BCUT2D eigenvalue weighted by molar-refractivity contribution is 0.403. The maximum atomic E-state index is 12.9. The number of hydrogen-bond acceptors (Lipinski definition) is 3. The molecule has 1 aliphatic carbocycles. The first kappa shape index (κ1) is 16.0. The summed E-state index contributed by atoms with van der Waals surface area (Å²) in [4.78, 5) is 0.367. The van der Waals surface area contributed by atoms with Crippen molar-refractivity contribution in [1.82, 2.24) is 4.31 Å². The number of sulfonamides is 1. The normalized spacial score (nSPS) is 14.9. The molecule has 0 amide bonds. The molecule has 1 fully saturated rings. The van der Waals surface area contributed by atoms with Gasteiger partial charge >= 0.3 is 0 Å². The zero-order valence-electron chi connectivity index (χ0n) is 12.6. The summed E-state index contributed by atoms with van der Waals surface area (Å²) in [5.74, 6) is 5.66. The van der Waals surface area contributed by atoms with Crippen molar-refractivity contribution in [3.63, 3.8) is 0 Å². The van der Waals surface area contributed by atoms with E-state index in [4.69, 9.17) is 5.73 Å². The summed E-state index contributed by atoms with van der Waals surface area (Å²) in [6.45, 7) is 4.66. The summed E-state index contributed by atoms with van der Waals surface area (Å²) >= 11 is 0. The Morgan fingerprint density at radius 3 is 2.67 bits per heavy atom. The minimum absolute atomic E-state index is 0.174. The zero-order chi connectivity index (χ0) is 15.5. The monoisotopic (exact) mass is 306 g/mol. The number of nitrogens with two attached hydrogens (primary N) is 1. The number of hydrogen-bond donors (Lipinski definition) is 1. The Morgan fingerprint density at radius 2 is 2.10 bits per heavy atom. The van der Waals surface area contributed by atoms with Crippen molar-refractivity contribution in [3.05, 3.63) is 29.3 Å². The lowest BCUT2D eigenvalue weighted by atomic mass is 10.1. The molecule has 4 nitrogen and oxygen atoms in total. The molecule has 21 heavy (non-hydrogen) atoms. The van der Waals surface area contributed by atoms with Crippen molar-refractivity contribution in [2.45, 2.75) is 44.0 Å². The first-order valence-electron chi connectivity index (χ1n) is 7.32. The van der Waals surface area contributed by atoms with Gasteiger partial charge in [-0.2, -0.15) is 4.31 Å². The molecule has 114 valence electrons. The Kier molecular flexibility index (Phi) is 5.04. The Balaban J connectivity index is 2.42. The largest absolute Gasteiger partial charge is 0.320 e. The molecular weight excluding hydrogens is 284 g/mol. The van der Waals surface area contributed by atoms with Gasteiger partial charge in [0.25, 0.3) is 0 Å². The Bertz CT molecular complexity index is 667. The molecule has 0 aromatic heterocycles. The molecule has 0 saturated heterocycles. The van der Waals surface area contributed by atoms with E-state index in [-0.39, 0.29) is 12.6 Å². The molecule has 0 radical (unpaired) electrons. The van der Waals surface area contributed by atoms with E-state index >= 15 is 0 Å². The summed E-state index contributed by atoms with van der Waals surface area (Å²) in [6.07, 6.45) is 2.75. The summed E-state index contributed by atoms with van der Waals surface area (Å²) < 4.78 is 27.5. The van der Waals surface area contributed by atoms with E-state index in [1.165, 1.54) is 0 Å². The smallest absolute Gasteiger partial charge is 0.243 e.